The Kier molecular flexibility index (Phi) is 16.7. The zero-order chi connectivity index (χ0) is 26.6. The molecule has 0 atom stereocenters. The molecule has 0 aromatic heterocycles. The molecule has 0 fully saturated rings. The molecular formula is C34H54O3. The molecule has 0 aliphatic rings. The minimum atomic E-state index is 0.351. The fourth-order valence-electron chi connectivity index (χ4n) is 5.04. The van der Waals surface area contributed by atoms with E-state index in [2.05, 4.69) is 13.8 Å². The van der Waals surface area contributed by atoms with Gasteiger partial charge < -0.3 is 14.9 Å². The fraction of sp³-hybridized carbons (Fsp3) is 0.647. The molecule has 2 N–H and O–H groups in total. The summed E-state index contributed by atoms with van der Waals surface area (Å²) in [6.07, 6.45) is 25.1. The summed E-state index contributed by atoms with van der Waals surface area (Å²) in [6.45, 7) is 4.52. The Balaban J connectivity index is 1.73. The summed E-state index contributed by atoms with van der Waals surface area (Å²) in [4.78, 5) is 0. The van der Waals surface area contributed by atoms with E-state index in [0.29, 0.717) is 11.5 Å². The Labute approximate surface area is 227 Å². The number of hydrogen-bond acceptors (Lipinski definition) is 3. The van der Waals surface area contributed by atoms with Gasteiger partial charge in [-0.05, 0) is 73.2 Å². The molecule has 0 spiro atoms. The van der Waals surface area contributed by atoms with E-state index in [4.69, 9.17) is 4.74 Å². The van der Waals surface area contributed by atoms with Crippen molar-refractivity contribution in [2.75, 3.05) is 0 Å². The normalized spacial score (nSPS) is 11.2. The van der Waals surface area contributed by atoms with Crippen molar-refractivity contribution < 1.29 is 14.9 Å². The first-order chi connectivity index (χ1) is 18.1. The predicted octanol–water partition coefficient (Wildman–Crippen LogP) is 11.0. The highest BCUT2D eigenvalue weighted by Crippen LogP contribution is 2.31. The molecule has 0 saturated heterocycles. The summed E-state index contributed by atoms with van der Waals surface area (Å²) in [6, 6.07) is 11.1. The van der Waals surface area contributed by atoms with Gasteiger partial charge in [0, 0.05) is 0 Å². The van der Waals surface area contributed by atoms with Gasteiger partial charge in [0.2, 0.25) is 0 Å². The lowest BCUT2D eigenvalue weighted by Gasteiger charge is -2.12. The van der Waals surface area contributed by atoms with Crippen LogP contribution in [0.25, 0.3) is 0 Å². The van der Waals surface area contributed by atoms with Crippen molar-refractivity contribution in [3.63, 3.8) is 0 Å². The van der Waals surface area contributed by atoms with Crippen molar-refractivity contribution in [2.45, 2.75) is 142 Å². The lowest BCUT2D eigenvalue weighted by molar-refractivity contribution is 0.450. The number of phenolic OH excluding ortho intramolecular Hbond substituents is 2. The number of ether oxygens (including phenoxy) is 1. The van der Waals surface area contributed by atoms with Crippen LogP contribution in [-0.4, -0.2) is 10.2 Å². The third-order valence-corrected chi connectivity index (χ3v) is 7.44. The monoisotopic (exact) mass is 510 g/mol. The van der Waals surface area contributed by atoms with Crippen LogP contribution in [0.1, 0.15) is 141 Å². The molecule has 0 amide bonds. The van der Waals surface area contributed by atoms with E-state index in [1.54, 1.807) is 12.1 Å². The van der Waals surface area contributed by atoms with Gasteiger partial charge in [0.15, 0.2) is 0 Å². The van der Waals surface area contributed by atoms with E-state index in [0.717, 1.165) is 48.3 Å². The third kappa shape index (κ3) is 13.8. The molecule has 0 radical (unpaired) electrons. The van der Waals surface area contributed by atoms with Gasteiger partial charge in [0.05, 0.1) is 0 Å². The topological polar surface area (TPSA) is 49.7 Å². The minimum absolute atomic E-state index is 0.351. The zero-order valence-corrected chi connectivity index (χ0v) is 23.9. The average molecular weight is 511 g/mol. The lowest BCUT2D eigenvalue weighted by Crippen LogP contribution is -1.92. The van der Waals surface area contributed by atoms with Crippen molar-refractivity contribution in [3.8, 4) is 23.0 Å². The quantitative estimate of drug-likeness (QED) is 0.155. The number of rotatable bonds is 22. The Bertz CT molecular complexity index is 775. The van der Waals surface area contributed by atoms with Gasteiger partial charge in [0.1, 0.15) is 23.0 Å². The first kappa shape index (κ1) is 31.1. The SMILES string of the molecule is CCCCCCCCCCCc1cc(Oc2ccc(O)c(CCCCCCCCCCC)c2)ccc1O. The number of aromatic hydroxyl groups is 2. The van der Waals surface area contributed by atoms with E-state index < -0.39 is 0 Å². The fourth-order valence-corrected chi connectivity index (χ4v) is 5.04. The van der Waals surface area contributed by atoms with Crippen molar-refractivity contribution >= 4 is 0 Å². The smallest absolute Gasteiger partial charge is 0.127 e. The van der Waals surface area contributed by atoms with Crippen LogP contribution in [0.2, 0.25) is 0 Å². The number of phenols is 2. The number of benzene rings is 2. The van der Waals surface area contributed by atoms with Crippen LogP contribution < -0.4 is 4.74 Å². The second-order valence-corrected chi connectivity index (χ2v) is 10.8. The number of unbranched alkanes of at least 4 members (excludes halogenated alkanes) is 16. The van der Waals surface area contributed by atoms with E-state index in [9.17, 15) is 10.2 Å². The molecule has 0 saturated carbocycles. The van der Waals surface area contributed by atoms with Crippen LogP contribution in [0.5, 0.6) is 23.0 Å². The third-order valence-electron chi connectivity index (χ3n) is 7.44. The summed E-state index contributed by atoms with van der Waals surface area (Å²) in [5, 5.41) is 20.7. The molecule has 37 heavy (non-hydrogen) atoms. The van der Waals surface area contributed by atoms with Crippen LogP contribution in [0.15, 0.2) is 36.4 Å². The summed E-state index contributed by atoms with van der Waals surface area (Å²) in [5.41, 5.74) is 1.91. The molecular weight excluding hydrogens is 456 g/mol. The van der Waals surface area contributed by atoms with Crippen molar-refractivity contribution in [3.05, 3.63) is 47.5 Å². The molecule has 3 nitrogen and oxygen atoms in total. The van der Waals surface area contributed by atoms with Gasteiger partial charge in [-0.2, -0.15) is 0 Å². The molecule has 2 aromatic rings. The maximum atomic E-state index is 10.3. The Hall–Kier alpha value is -2.16. The van der Waals surface area contributed by atoms with Crippen LogP contribution in [0, 0.1) is 0 Å². The molecule has 2 aromatic carbocycles. The maximum Gasteiger partial charge on any atom is 0.127 e. The van der Waals surface area contributed by atoms with Crippen LogP contribution in [0.4, 0.5) is 0 Å². The van der Waals surface area contributed by atoms with E-state index in [1.165, 1.54) is 103 Å². The average Bonchev–Trinajstić information content (AvgIpc) is 2.90. The summed E-state index contributed by atoms with van der Waals surface area (Å²) >= 11 is 0. The molecule has 0 unspecified atom stereocenters. The maximum absolute atomic E-state index is 10.3. The minimum Gasteiger partial charge on any atom is -0.508 e. The second kappa shape index (κ2) is 19.9. The van der Waals surface area contributed by atoms with Crippen molar-refractivity contribution in [1.82, 2.24) is 0 Å². The molecule has 2 rings (SSSR count). The first-order valence-electron chi connectivity index (χ1n) is 15.5. The Morgan fingerprint density at radius 1 is 0.459 bits per heavy atom. The molecule has 208 valence electrons. The Morgan fingerprint density at radius 2 is 0.784 bits per heavy atom. The predicted molar refractivity (Wildman–Crippen MR) is 158 cm³/mol. The highest BCUT2D eigenvalue weighted by atomic mass is 16.5. The largest absolute Gasteiger partial charge is 0.508 e. The van der Waals surface area contributed by atoms with E-state index >= 15 is 0 Å². The van der Waals surface area contributed by atoms with Gasteiger partial charge in [-0.1, -0.05) is 117 Å². The molecule has 0 bridgehead atoms. The van der Waals surface area contributed by atoms with Gasteiger partial charge in [-0.15, -0.1) is 0 Å². The van der Waals surface area contributed by atoms with Gasteiger partial charge in [0.25, 0.3) is 0 Å². The zero-order valence-electron chi connectivity index (χ0n) is 23.9. The van der Waals surface area contributed by atoms with Crippen LogP contribution in [0.3, 0.4) is 0 Å². The van der Waals surface area contributed by atoms with Gasteiger partial charge in [-0.25, -0.2) is 0 Å². The first-order valence-corrected chi connectivity index (χ1v) is 15.5. The summed E-state index contributed by atoms with van der Waals surface area (Å²) < 4.78 is 6.13. The molecule has 0 aliphatic heterocycles. The molecule has 3 heteroatoms. The highest BCUT2D eigenvalue weighted by Gasteiger charge is 2.08. The van der Waals surface area contributed by atoms with Crippen molar-refractivity contribution in [2.24, 2.45) is 0 Å². The highest BCUT2D eigenvalue weighted by molar-refractivity contribution is 5.44. The van der Waals surface area contributed by atoms with E-state index in [-0.39, 0.29) is 0 Å². The van der Waals surface area contributed by atoms with Crippen molar-refractivity contribution in [1.29, 1.82) is 0 Å². The molecule has 0 heterocycles. The Morgan fingerprint density at radius 3 is 1.14 bits per heavy atom. The summed E-state index contributed by atoms with van der Waals surface area (Å²) in [7, 11) is 0. The van der Waals surface area contributed by atoms with Crippen LogP contribution >= 0.6 is 0 Å². The van der Waals surface area contributed by atoms with Gasteiger partial charge >= 0.3 is 0 Å². The molecule has 0 aliphatic carbocycles. The summed E-state index contributed by atoms with van der Waals surface area (Å²) in [5.74, 6) is 2.18. The number of aryl methyl sites for hydroxylation is 2. The van der Waals surface area contributed by atoms with E-state index in [1.807, 2.05) is 24.3 Å². The number of hydrogen-bond donors (Lipinski definition) is 2. The second-order valence-electron chi connectivity index (χ2n) is 10.8. The van der Waals surface area contributed by atoms with Crippen LogP contribution in [-0.2, 0) is 12.8 Å². The standard InChI is InChI=1S/C34H54O3/c1-3-5-7-9-11-13-15-17-19-21-29-27-31(23-25-33(29)35)37-32-24-26-34(36)30(28-32)22-20-18-16-14-12-10-8-6-4-2/h23-28,35-36H,3-22H2,1-2H3. The van der Waals surface area contributed by atoms with Gasteiger partial charge in [-0.3, -0.25) is 0 Å². The lowest BCUT2D eigenvalue weighted by atomic mass is 10.0.